The van der Waals surface area contributed by atoms with Crippen molar-refractivity contribution in [1.82, 2.24) is 39.9 Å². The maximum absolute atomic E-state index is 10.1. The zero-order valence-corrected chi connectivity index (χ0v) is 64.1. The molecule has 0 aliphatic rings. The molecule has 0 unspecified atom stereocenters. The largest absolute Gasteiger partial charge is 3.00 e. The summed E-state index contributed by atoms with van der Waals surface area (Å²) in [6, 6.07) is 43.0. The summed E-state index contributed by atoms with van der Waals surface area (Å²) in [6.45, 7) is -0.771. The maximum Gasteiger partial charge on any atom is 3.00 e. The Kier molecular flexibility index (Phi) is 199. The monoisotopic (exact) mass is 1940 g/mol. The standard InChI is InChI=1S/4C6H7NO.4C6H6NO.4CH4O.8BrH.4Co.4H2O/c8*8-5-6-3-1-2-4-7-6;4*1-2;;;;;;;;;;;;;;;;/h4*1-4,8H,5H2;4*1-4H,5H2;4*2H,1H3;8*1H;;;;;4*1H2/q;;;;4*-1;;;;;;;;;;;;;4*+3;;;;/p-8. The Balaban J connectivity index is -0.0000000320. The van der Waals surface area contributed by atoms with Crippen molar-refractivity contribution in [2.24, 2.45) is 0 Å². The Morgan fingerprint density at radius 2 is 0.330 bits per heavy atom. The van der Waals surface area contributed by atoms with Crippen LogP contribution in [-0.2, 0) is 120 Å². The normalized spacial score (nSPS) is 6.91. The summed E-state index contributed by atoms with van der Waals surface area (Å²) >= 11 is 0. The van der Waals surface area contributed by atoms with Crippen LogP contribution in [0.3, 0.4) is 0 Å². The van der Waals surface area contributed by atoms with Gasteiger partial charge in [-0.2, -0.15) is 0 Å². The van der Waals surface area contributed by atoms with Crippen molar-refractivity contribution in [2.75, 3.05) is 28.4 Å². The van der Waals surface area contributed by atoms with E-state index in [1.165, 1.54) is 0 Å². The van der Waals surface area contributed by atoms with Crippen LogP contribution in [0.4, 0.5) is 0 Å². The van der Waals surface area contributed by atoms with Crippen molar-refractivity contribution < 1.29 is 286 Å². The fraction of sp³-hybridized carbons (Fsp3) is 0.231. The molecule has 0 atom stereocenters. The molecular weight excluding hydrogens is 1870 g/mol. The van der Waals surface area contributed by atoms with Gasteiger partial charge in [-0.05, 0) is 97.1 Å². The molecule has 0 aliphatic heterocycles. The number of rotatable bonds is 8. The van der Waals surface area contributed by atoms with Crippen LogP contribution >= 0.6 is 0 Å². The molecule has 8 aromatic heterocycles. The zero-order chi connectivity index (χ0) is 54.6. The van der Waals surface area contributed by atoms with E-state index in [0.29, 0.717) is 45.6 Å². The second kappa shape index (κ2) is 123. The van der Waals surface area contributed by atoms with Crippen LogP contribution in [0, 0.1) is 0 Å². The molecule has 0 amide bonds. The molecule has 24 nitrogen and oxygen atoms in total. The minimum Gasteiger partial charge on any atom is -1.00 e. The Morgan fingerprint density at radius 3 is 0.375 bits per heavy atom. The Labute approximate surface area is 641 Å². The van der Waals surface area contributed by atoms with Crippen LogP contribution in [0.1, 0.15) is 45.6 Å². The van der Waals surface area contributed by atoms with E-state index in [9.17, 15) is 20.4 Å². The topological polar surface area (TPSA) is 483 Å². The summed E-state index contributed by atoms with van der Waals surface area (Å²) < 4.78 is 0. The van der Waals surface area contributed by atoms with Crippen LogP contribution in [0.2, 0.25) is 0 Å². The number of aliphatic hydroxyl groups excluding tert-OH is 8. The van der Waals surface area contributed by atoms with Gasteiger partial charge in [-0.3, -0.25) is 39.9 Å². The second-order valence-electron chi connectivity index (χ2n) is 11.8. The minimum atomic E-state index is -0.221. The first kappa shape index (κ1) is 143. The second-order valence-corrected chi connectivity index (χ2v) is 11.8. The van der Waals surface area contributed by atoms with Crippen LogP contribution in [0.15, 0.2) is 195 Å². The predicted octanol–water partition coefficient (Wildman–Crippen LogP) is -26.8. The van der Waals surface area contributed by atoms with Gasteiger partial charge in [0.1, 0.15) is 0 Å². The van der Waals surface area contributed by atoms with E-state index in [0.717, 1.165) is 28.4 Å². The van der Waals surface area contributed by atoms with E-state index in [2.05, 4.69) is 39.9 Å². The van der Waals surface area contributed by atoms with Crippen LogP contribution in [0.25, 0.3) is 0 Å². The summed E-state index contributed by atoms with van der Waals surface area (Å²) in [5, 5.41) is 102. The number of nitrogens with zero attached hydrogens (tertiary/aromatic N) is 8. The molecule has 512 valence electrons. The SMILES string of the molecule is CO.CO.CO.CO.O.O.O.O.OCc1ccccn1.OCc1ccccn1.OCc1ccccn1.OCc1ccccn1.[Br-].[Br-].[Br-].[Br-].[Br-].[Br-].[Br-].[Br-].[Co+3].[Co+3].[Co+3].[Co+3].[O-]Cc1ccccn1.[O-]Cc1ccccn1.[O-]Cc1ccccn1.[O-]Cc1ccccn1. The van der Waals surface area contributed by atoms with Gasteiger partial charge in [-0.25, -0.2) is 0 Å². The molecule has 0 bridgehead atoms. The van der Waals surface area contributed by atoms with Gasteiger partial charge >= 0.3 is 67.1 Å². The van der Waals surface area contributed by atoms with E-state index in [1.54, 1.807) is 147 Å². The smallest absolute Gasteiger partial charge is 1.00 e. The minimum absolute atomic E-state index is 0. The van der Waals surface area contributed by atoms with Crippen molar-refractivity contribution in [1.29, 1.82) is 0 Å². The molecule has 0 radical (unpaired) electrons. The fourth-order valence-corrected chi connectivity index (χ4v) is 3.90. The Hall–Kier alpha value is -1.57. The third-order valence-electron chi connectivity index (χ3n) is 7.05. The summed E-state index contributed by atoms with van der Waals surface area (Å²) in [5.74, 6) is 0. The van der Waals surface area contributed by atoms with Crippen molar-refractivity contribution in [3.8, 4) is 0 Å². The van der Waals surface area contributed by atoms with Crippen molar-refractivity contribution in [2.45, 2.75) is 52.9 Å². The molecule has 0 spiro atoms. The quantitative estimate of drug-likeness (QED) is 0.0700. The molecule has 88 heavy (non-hydrogen) atoms. The molecule has 8 rings (SSSR count). The number of aromatic nitrogens is 8. The molecule has 8 heterocycles. The van der Waals surface area contributed by atoms with Gasteiger partial charge in [0.15, 0.2) is 0 Å². The Morgan fingerprint density at radius 1 is 0.227 bits per heavy atom. The van der Waals surface area contributed by atoms with Gasteiger partial charge in [-0.1, -0.05) is 75.0 Å². The van der Waals surface area contributed by atoms with Crippen molar-refractivity contribution in [3.63, 3.8) is 0 Å². The maximum atomic E-state index is 10.1. The number of pyridine rings is 8. The average Bonchev–Trinajstić information content (AvgIpc) is 3.51. The zero-order valence-electron chi connectivity index (χ0n) is 47.3. The third-order valence-corrected chi connectivity index (χ3v) is 7.05. The summed E-state index contributed by atoms with van der Waals surface area (Å²) in [6.07, 6.45) is 13.1. The molecule has 0 fully saturated rings. The molecule has 16 N–H and O–H groups in total. The molecule has 0 saturated carbocycles. The van der Waals surface area contributed by atoms with Gasteiger partial charge in [-0.15, -0.1) is 0 Å². The molecular formula is C52H76Br8Co4N8O16. The first-order chi connectivity index (χ1) is 35.5. The number of hydrogen-bond donors (Lipinski definition) is 8. The third kappa shape index (κ3) is 95.5. The van der Waals surface area contributed by atoms with Gasteiger partial charge in [0.25, 0.3) is 0 Å². The van der Waals surface area contributed by atoms with Crippen LogP contribution in [-0.4, -0.2) is 131 Å². The van der Waals surface area contributed by atoms with Gasteiger partial charge < -0.3 is 219 Å². The summed E-state index contributed by atoms with van der Waals surface area (Å²) in [4.78, 5) is 30.5. The van der Waals surface area contributed by atoms with Gasteiger partial charge in [0, 0.05) is 101 Å². The first-order valence-electron chi connectivity index (χ1n) is 21.2. The summed E-state index contributed by atoms with van der Waals surface area (Å²) in [7, 11) is 4.00. The molecule has 0 aliphatic carbocycles. The molecule has 8 aromatic rings. The number of hydrogen-bond acceptors (Lipinski definition) is 20. The van der Waals surface area contributed by atoms with E-state index in [-0.39, 0.29) is 278 Å². The van der Waals surface area contributed by atoms with Gasteiger partial charge in [0.05, 0.1) is 49.2 Å². The number of aliphatic hydroxyl groups is 8. The molecule has 36 heteroatoms. The first-order valence-corrected chi connectivity index (χ1v) is 21.2. The van der Waals surface area contributed by atoms with E-state index in [4.69, 9.17) is 40.9 Å². The molecule has 0 saturated heterocycles. The van der Waals surface area contributed by atoms with Crippen molar-refractivity contribution >= 4 is 0 Å². The van der Waals surface area contributed by atoms with Gasteiger partial charge in [0.2, 0.25) is 0 Å². The van der Waals surface area contributed by atoms with Crippen LogP contribution < -0.4 is 156 Å². The van der Waals surface area contributed by atoms with Crippen molar-refractivity contribution in [3.05, 3.63) is 241 Å². The van der Waals surface area contributed by atoms with E-state index >= 15 is 0 Å². The summed E-state index contributed by atoms with van der Waals surface area (Å²) in [5.41, 5.74) is 5.28. The Bertz CT molecular complexity index is 1760. The predicted molar refractivity (Wildman–Crippen MR) is 279 cm³/mol. The number of halogens is 8. The molecule has 0 aromatic carbocycles. The average molecular weight is 1940 g/mol. The fourth-order valence-electron chi connectivity index (χ4n) is 3.90. The van der Waals surface area contributed by atoms with E-state index < -0.39 is 0 Å². The van der Waals surface area contributed by atoms with E-state index in [1.807, 2.05) is 48.5 Å². The van der Waals surface area contributed by atoms with Crippen LogP contribution in [0.5, 0.6) is 0 Å².